The zero-order chi connectivity index (χ0) is 18.9. The van der Waals surface area contributed by atoms with Gasteiger partial charge in [0.25, 0.3) is 0 Å². The first kappa shape index (κ1) is 16.9. The van der Waals surface area contributed by atoms with Crippen LogP contribution in [0.15, 0.2) is 60.7 Å². The second kappa shape index (κ2) is 7.05. The SMILES string of the molecule is CCN1CCc2c(cccc2Nc2ccc3nnc(-c4ccccc4)n3n2)C1. The van der Waals surface area contributed by atoms with Gasteiger partial charge in [-0.3, -0.25) is 4.90 Å². The van der Waals surface area contributed by atoms with Crippen LogP contribution in [0, 0.1) is 0 Å². The van der Waals surface area contributed by atoms with Crippen molar-refractivity contribution >= 4 is 17.2 Å². The number of nitrogens with zero attached hydrogens (tertiary/aromatic N) is 5. The molecule has 1 aliphatic rings. The molecule has 0 unspecified atom stereocenters. The quantitative estimate of drug-likeness (QED) is 0.590. The summed E-state index contributed by atoms with van der Waals surface area (Å²) in [7, 11) is 0. The summed E-state index contributed by atoms with van der Waals surface area (Å²) >= 11 is 0. The van der Waals surface area contributed by atoms with Gasteiger partial charge in [0.2, 0.25) is 0 Å². The highest BCUT2D eigenvalue weighted by atomic mass is 15.4. The van der Waals surface area contributed by atoms with Crippen LogP contribution in [0.25, 0.3) is 17.0 Å². The molecule has 0 radical (unpaired) electrons. The summed E-state index contributed by atoms with van der Waals surface area (Å²) in [5.74, 6) is 1.53. The maximum Gasteiger partial charge on any atom is 0.185 e. The lowest BCUT2D eigenvalue weighted by Crippen LogP contribution is -2.30. The van der Waals surface area contributed by atoms with Gasteiger partial charge < -0.3 is 5.32 Å². The van der Waals surface area contributed by atoms with Gasteiger partial charge in [-0.25, -0.2) is 0 Å². The predicted octanol–water partition coefficient (Wildman–Crippen LogP) is 3.91. The van der Waals surface area contributed by atoms with E-state index in [2.05, 4.69) is 45.5 Å². The molecule has 0 fully saturated rings. The van der Waals surface area contributed by atoms with Crippen LogP contribution >= 0.6 is 0 Å². The van der Waals surface area contributed by atoms with Gasteiger partial charge in [0, 0.05) is 24.3 Å². The molecular weight excluding hydrogens is 348 g/mol. The molecule has 1 aliphatic heterocycles. The number of aromatic nitrogens is 4. The molecule has 5 rings (SSSR count). The fraction of sp³-hybridized carbons (Fsp3) is 0.227. The topological polar surface area (TPSA) is 58.3 Å². The van der Waals surface area contributed by atoms with Crippen LogP contribution in [-0.2, 0) is 13.0 Å². The van der Waals surface area contributed by atoms with Crippen molar-refractivity contribution in [1.82, 2.24) is 24.7 Å². The van der Waals surface area contributed by atoms with Crippen LogP contribution in [0.4, 0.5) is 11.5 Å². The van der Waals surface area contributed by atoms with E-state index in [-0.39, 0.29) is 0 Å². The van der Waals surface area contributed by atoms with Crippen molar-refractivity contribution < 1.29 is 0 Å². The Balaban J connectivity index is 1.50. The van der Waals surface area contributed by atoms with E-state index in [0.29, 0.717) is 0 Å². The summed E-state index contributed by atoms with van der Waals surface area (Å²) in [6, 6.07) is 20.4. The number of likely N-dealkylation sites (N-methyl/N-ethyl adjacent to an activating group) is 1. The Morgan fingerprint density at radius 1 is 0.964 bits per heavy atom. The molecular formula is C22H22N6. The van der Waals surface area contributed by atoms with E-state index in [0.717, 1.165) is 54.6 Å². The summed E-state index contributed by atoms with van der Waals surface area (Å²) in [6.45, 7) is 5.41. The normalized spacial score (nSPS) is 14.2. The summed E-state index contributed by atoms with van der Waals surface area (Å²) in [6.07, 6.45) is 1.05. The zero-order valence-corrected chi connectivity index (χ0v) is 15.8. The van der Waals surface area contributed by atoms with Crippen LogP contribution in [0.1, 0.15) is 18.1 Å². The first-order chi connectivity index (χ1) is 13.8. The first-order valence-corrected chi connectivity index (χ1v) is 9.70. The summed E-state index contributed by atoms with van der Waals surface area (Å²) in [4.78, 5) is 2.47. The molecule has 0 bridgehead atoms. The van der Waals surface area contributed by atoms with E-state index >= 15 is 0 Å². The van der Waals surface area contributed by atoms with Crippen molar-refractivity contribution in [2.24, 2.45) is 0 Å². The number of nitrogens with one attached hydrogen (secondary N) is 1. The smallest absolute Gasteiger partial charge is 0.185 e. The fourth-order valence-electron chi connectivity index (χ4n) is 3.82. The third-order valence-electron chi connectivity index (χ3n) is 5.35. The minimum Gasteiger partial charge on any atom is -0.339 e. The summed E-state index contributed by atoms with van der Waals surface area (Å²) in [5.41, 5.74) is 5.65. The molecule has 0 saturated carbocycles. The molecule has 0 amide bonds. The predicted molar refractivity (Wildman–Crippen MR) is 111 cm³/mol. The average Bonchev–Trinajstić information content (AvgIpc) is 3.17. The lowest BCUT2D eigenvalue weighted by atomic mass is 9.98. The summed E-state index contributed by atoms with van der Waals surface area (Å²) in [5, 5.41) is 16.8. The van der Waals surface area contributed by atoms with Gasteiger partial charge in [-0.05, 0) is 42.3 Å². The van der Waals surface area contributed by atoms with Gasteiger partial charge in [0.05, 0.1) is 0 Å². The number of rotatable bonds is 4. The number of fused-ring (bicyclic) bond motifs is 2. The van der Waals surface area contributed by atoms with Crippen molar-refractivity contribution in [3.8, 4) is 11.4 Å². The number of hydrogen-bond donors (Lipinski definition) is 1. The minimum atomic E-state index is 0.734. The lowest BCUT2D eigenvalue weighted by Gasteiger charge is -2.29. The molecule has 0 aliphatic carbocycles. The van der Waals surface area contributed by atoms with Gasteiger partial charge in [-0.15, -0.1) is 15.3 Å². The number of anilines is 2. The fourth-order valence-corrected chi connectivity index (χ4v) is 3.82. The zero-order valence-electron chi connectivity index (χ0n) is 15.8. The standard InChI is InChI=1S/C22H22N6/c1-2-27-14-13-18-17(15-27)9-6-10-19(18)23-20-11-12-21-24-25-22(28(21)26-20)16-7-4-3-5-8-16/h3-12H,2,13-15H2,1H3,(H,23,26). The third kappa shape index (κ3) is 3.01. The van der Waals surface area contributed by atoms with Crippen LogP contribution in [0.2, 0.25) is 0 Å². The Labute approximate surface area is 163 Å². The molecule has 2 aromatic heterocycles. The Morgan fingerprint density at radius 3 is 2.71 bits per heavy atom. The van der Waals surface area contributed by atoms with Crippen LogP contribution in [0.5, 0.6) is 0 Å². The second-order valence-corrected chi connectivity index (χ2v) is 7.07. The highest BCUT2D eigenvalue weighted by Crippen LogP contribution is 2.28. The van der Waals surface area contributed by atoms with Crippen molar-refractivity contribution in [1.29, 1.82) is 0 Å². The largest absolute Gasteiger partial charge is 0.339 e. The first-order valence-electron chi connectivity index (χ1n) is 9.70. The maximum atomic E-state index is 4.76. The van der Waals surface area contributed by atoms with E-state index in [4.69, 9.17) is 5.10 Å². The molecule has 0 atom stereocenters. The van der Waals surface area contributed by atoms with Gasteiger partial charge in [-0.2, -0.15) is 4.52 Å². The van der Waals surface area contributed by atoms with Gasteiger partial charge in [0.1, 0.15) is 0 Å². The molecule has 28 heavy (non-hydrogen) atoms. The molecule has 0 saturated heterocycles. The highest BCUT2D eigenvalue weighted by Gasteiger charge is 2.18. The molecule has 6 nitrogen and oxygen atoms in total. The van der Waals surface area contributed by atoms with Gasteiger partial charge in [-0.1, -0.05) is 49.4 Å². The van der Waals surface area contributed by atoms with E-state index in [1.165, 1.54) is 11.1 Å². The molecule has 140 valence electrons. The molecule has 2 aromatic carbocycles. The lowest BCUT2D eigenvalue weighted by molar-refractivity contribution is 0.268. The monoisotopic (exact) mass is 370 g/mol. The molecule has 6 heteroatoms. The van der Waals surface area contributed by atoms with E-state index in [1.807, 2.05) is 42.5 Å². The van der Waals surface area contributed by atoms with E-state index < -0.39 is 0 Å². The van der Waals surface area contributed by atoms with Crippen molar-refractivity contribution in [2.45, 2.75) is 19.9 Å². The molecule has 3 heterocycles. The molecule has 1 N–H and O–H groups in total. The van der Waals surface area contributed by atoms with E-state index in [9.17, 15) is 0 Å². The maximum absolute atomic E-state index is 4.76. The average molecular weight is 370 g/mol. The van der Waals surface area contributed by atoms with Crippen molar-refractivity contribution in [3.05, 3.63) is 71.8 Å². The van der Waals surface area contributed by atoms with E-state index in [1.54, 1.807) is 4.52 Å². The number of hydrogen-bond acceptors (Lipinski definition) is 5. The van der Waals surface area contributed by atoms with Crippen molar-refractivity contribution in [2.75, 3.05) is 18.4 Å². The van der Waals surface area contributed by atoms with Crippen molar-refractivity contribution in [3.63, 3.8) is 0 Å². The number of benzene rings is 2. The Kier molecular flexibility index (Phi) is 4.25. The van der Waals surface area contributed by atoms with Crippen LogP contribution in [-0.4, -0.2) is 37.8 Å². The Bertz CT molecular complexity index is 1120. The van der Waals surface area contributed by atoms with Crippen LogP contribution < -0.4 is 5.32 Å². The highest BCUT2D eigenvalue weighted by molar-refractivity contribution is 5.65. The summed E-state index contributed by atoms with van der Waals surface area (Å²) < 4.78 is 1.80. The molecule has 0 spiro atoms. The Morgan fingerprint density at radius 2 is 1.86 bits per heavy atom. The molecule has 4 aromatic rings. The third-order valence-corrected chi connectivity index (χ3v) is 5.35. The van der Waals surface area contributed by atoms with Crippen LogP contribution in [0.3, 0.4) is 0 Å². The minimum absolute atomic E-state index is 0.734. The van der Waals surface area contributed by atoms with Gasteiger partial charge >= 0.3 is 0 Å². The second-order valence-electron chi connectivity index (χ2n) is 7.07. The van der Waals surface area contributed by atoms with Gasteiger partial charge in [0.15, 0.2) is 17.3 Å². The Hall–Kier alpha value is -3.25.